The number of para-hydroxylation sites is 1. The van der Waals surface area contributed by atoms with Crippen LogP contribution in [-0.4, -0.2) is 13.6 Å². The molecule has 0 amide bonds. The first-order chi connectivity index (χ1) is 6.83. The third kappa shape index (κ3) is 1.63. The Bertz CT molecular complexity index is 436. The van der Waals surface area contributed by atoms with E-state index in [1.54, 1.807) is 6.26 Å². The summed E-state index contributed by atoms with van der Waals surface area (Å²) in [7, 11) is 1.94. The Kier molecular flexibility index (Phi) is 2.75. The van der Waals surface area contributed by atoms with Gasteiger partial charge in [-0.05, 0) is 31.6 Å². The van der Waals surface area contributed by atoms with E-state index in [1.807, 2.05) is 25.2 Å². The number of hydrogen-bond acceptors (Lipinski definition) is 2. The molecule has 0 saturated heterocycles. The summed E-state index contributed by atoms with van der Waals surface area (Å²) in [6.07, 6.45) is 2.75. The number of fused-ring (bicyclic) bond motifs is 1. The minimum absolute atomic E-state index is 0.679. The minimum atomic E-state index is 0.679. The normalized spacial score (nSPS) is 11.0. The molecule has 1 aromatic heterocycles. The first-order valence-electron chi connectivity index (χ1n) is 4.62. The summed E-state index contributed by atoms with van der Waals surface area (Å²) in [5.41, 5.74) is 2.00. The maximum Gasteiger partial charge on any atom is 0.152 e. The number of benzene rings is 1. The number of nitrogens with one attached hydrogen (secondary N) is 1. The topological polar surface area (TPSA) is 25.2 Å². The van der Waals surface area contributed by atoms with Gasteiger partial charge >= 0.3 is 0 Å². The number of rotatable bonds is 3. The summed E-state index contributed by atoms with van der Waals surface area (Å²) in [6, 6.07) is 5.83. The predicted molar refractivity (Wildman–Crippen MR) is 58.9 cm³/mol. The van der Waals surface area contributed by atoms with Gasteiger partial charge in [0.15, 0.2) is 5.58 Å². The fourth-order valence-corrected chi connectivity index (χ4v) is 1.75. The van der Waals surface area contributed by atoms with E-state index in [0.717, 1.165) is 23.9 Å². The van der Waals surface area contributed by atoms with E-state index in [0.29, 0.717) is 5.02 Å². The lowest BCUT2D eigenvalue weighted by Crippen LogP contribution is -2.09. The van der Waals surface area contributed by atoms with Gasteiger partial charge in [0.2, 0.25) is 0 Å². The molecule has 0 aliphatic heterocycles. The second-order valence-corrected chi connectivity index (χ2v) is 3.64. The second kappa shape index (κ2) is 4.03. The molecule has 1 heterocycles. The zero-order valence-electron chi connectivity index (χ0n) is 8.01. The van der Waals surface area contributed by atoms with Gasteiger partial charge in [-0.1, -0.05) is 23.7 Å². The summed E-state index contributed by atoms with van der Waals surface area (Å²) in [5.74, 6) is 0. The van der Waals surface area contributed by atoms with Crippen molar-refractivity contribution < 1.29 is 4.42 Å². The Labute approximate surface area is 87.9 Å². The highest BCUT2D eigenvalue weighted by molar-refractivity contribution is 6.34. The van der Waals surface area contributed by atoms with Crippen LogP contribution in [0.2, 0.25) is 5.02 Å². The minimum Gasteiger partial charge on any atom is -0.462 e. The lowest BCUT2D eigenvalue weighted by Gasteiger charge is -1.97. The SMILES string of the molecule is CNCCc1coc2c(Cl)cccc12. The van der Waals surface area contributed by atoms with Crippen LogP contribution in [0.4, 0.5) is 0 Å². The molecule has 0 saturated carbocycles. The van der Waals surface area contributed by atoms with Crippen LogP contribution in [0.1, 0.15) is 5.56 Å². The van der Waals surface area contributed by atoms with Crippen molar-refractivity contribution in [2.45, 2.75) is 6.42 Å². The summed E-state index contributed by atoms with van der Waals surface area (Å²) in [6.45, 7) is 0.946. The van der Waals surface area contributed by atoms with Crippen molar-refractivity contribution in [3.8, 4) is 0 Å². The highest BCUT2D eigenvalue weighted by atomic mass is 35.5. The smallest absolute Gasteiger partial charge is 0.152 e. The number of furan rings is 1. The molecular formula is C11H12ClNO. The molecule has 3 heteroatoms. The van der Waals surface area contributed by atoms with Crippen molar-refractivity contribution in [1.82, 2.24) is 5.32 Å². The maximum absolute atomic E-state index is 6.00. The van der Waals surface area contributed by atoms with Crippen LogP contribution >= 0.6 is 11.6 Å². The molecule has 0 aliphatic rings. The molecule has 74 valence electrons. The highest BCUT2D eigenvalue weighted by Crippen LogP contribution is 2.27. The molecule has 2 rings (SSSR count). The van der Waals surface area contributed by atoms with Crippen LogP contribution in [0.15, 0.2) is 28.9 Å². The van der Waals surface area contributed by atoms with Crippen LogP contribution in [0, 0.1) is 0 Å². The number of halogens is 1. The molecular weight excluding hydrogens is 198 g/mol. The molecule has 0 atom stereocenters. The monoisotopic (exact) mass is 209 g/mol. The van der Waals surface area contributed by atoms with Gasteiger partial charge < -0.3 is 9.73 Å². The van der Waals surface area contributed by atoms with Crippen molar-refractivity contribution in [1.29, 1.82) is 0 Å². The largest absolute Gasteiger partial charge is 0.462 e. The van der Waals surface area contributed by atoms with E-state index in [-0.39, 0.29) is 0 Å². The molecule has 1 aromatic carbocycles. The number of likely N-dealkylation sites (N-methyl/N-ethyl adjacent to an activating group) is 1. The molecule has 2 nitrogen and oxygen atoms in total. The number of hydrogen-bond donors (Lipinski definition) is 1. The molecule has 0 spiro atoms. The summed E-state index contributed by atoms with van der Waals surface area (Å²) in [5, 5.41) is 4.91. The third-order valence-electron chi connectivity index (χ3n) is 2.28. The third-order valence-corrected chi connectivity index (χ3v) is 2.57. The first-order valence-corrected chi connectivity index (χ1v) is 5.00. The van der Waals surface area contributed by atoms with Gasteiger partial charge in [-0.2, -0.15) is 0 Å². The van der Waals surface area contributed by atoms with E-state index in [9.17, 15) is 0 Å². The van der Waals surface area contributed by atoms with E-state index < -0.39 is 0 Å². The van der Waals surface area contributed by atoms with E-state index in [4.69, 9.17) is 16.0 Å². The molecule has 0 aliphatic carbocycles. The highest BCUT2D eigenvalue weighted by Gasteiger charge is 2.07. The Morgan fingerprint density at radius 3 is 3.07 bits per heavy atom. The van der Waals surface area contributed by atoms with Crippen LogP contribution in [0.25, 0.3) is 11.0 Å². The molecule has 0 radical (unpaired) electrons. The van der Waals surface area contributed by atoms with Gasteiger partial charge in [0.25, 0.3) is 0 Å². The lowest BCUT2D eigenvalue weighted by atomic mass is 10.1. The van der Waals surface area contributed by atoms with E-state index >= 15 is 0 Å². The van der Waals surface area contributed by atoms with E-state index in [2.05, 4.69) is 5.32 Å². The van der Waals surface area contributed by atoms with Crippen LogP contribution < -0.4 is 5.32 Å². The molecule has 1 N–H and O–H groups in total. The fourth-order valence-electron chi connectivity index (χ4n) is 1.53. The van der Waals surface area contributed by atoms with Crippen LogP contribution in [0.5, 0.6) is 0 Å². The Balaban J connectivity index is 2.42. The van der Waals surface area contributed by atoms with Crippen molar-refractivity contribution in [3.05, 3.63) is 35.0 Å². The van der Waals surface area contributed by atoms with E-state index in [1.165, 1.54) is 5.56 Å². The Morgan fingerprint density at radius 2 is 2.29 bits per heavy atom. The van der Waals surface area contributed by atoms with Crippen molar-refractivity contribution in [2.75, 3.05) is 13.6 Å². The Hall–Kier alpha value is -0.990. The van der Waals surface area contributed by atoms with Crippen molar-refractivity contribution in [3.63, 3.8) is 0 Å². The molecule has 0 fully saturated rings. The molecule has 0 unspecified atom stereocenters. The maximum atomic E-state index is 6.00. The van der Waals surface area contributed by atoms with Gasteiger partial charge in [-0.3, -0.25) is 0 Å². The molecule has 2 aromatic rings. The molecule has 14 heavy (non-hydrogen) atoms. The van der Waals surface area contributed by atoms with Crippen molar-refractivity contribution >= 4 is 22.6 Å². The van der Waals surface area contributed by atoms with Crippen LogP contribution in [-0.2, 0) is 6.42 Å². The van der Waals surface area contributed by atoms with Crippen LogP contribution in [0.3, 0.4) is 0 Å². The van der Waals surface area contributed by atoms with Gasteiger partial charge in [0, 0.05) is 5.39 Å². The summed E-state index contributed by atoms with van der Waals surface area (Å²) in [4.78, 5) is 0. The molecule has 0 bridgehead atoms. The average molecular weight is 210 g/mol. The van der Waals surface area contributed by atoms with Gasteiger partial charge in [0.05, 0.1) is 11.3 Å². The predicted octanol–water partition coefficient (Wildman–Crippen LogP) is 2.85. The summed E-state index contributed by atoms with van der Waals surface area (Å²) >= 11 is 6.00. The standard InChI is InChI=1S/C11H12ClNO/c1-13-6-5-8-7-14-11-9(8)3-2-4-10(11)12/h2-4,7,13H,5-6H2,1H3. The van der Waals surface area contributed by atoms with Gasteiger partial charge in [-0.25, -0.2) is 0 Å². The zero-order valence-corrected chi connectivity index (χ0v) is 8.77. The Morgan fingerprint density at radius 1 is 1.43 bits per heavy atom. The van der Waals surface area contributed by atoms with Gasteiger partial charge in [-0.15, -0.1) is 0 Å². The lowest BCUT2D eigenvalue weighted by molar-refractivity contribution is 0.609. The first kappa shape index (κ1) is 9.56. The zero-order chi connectivity index (χ0) is 9.97. The second-order valence-electron chi connectivity index (χ2n) is 3.23. The fraction of sp³-hybridized carbons (Fsp3) is 0.273. The van der Waals surface area contributed by atoms with Gasteiger partial charge in [0.1, 0.15) is 0 Å². The summed E-state index contributed by atoms with van der Waals surface area (Å²) < 4.78 is 5.42. The van der Waals surface area contributed by atoms with Crippen molar-refractivity contribution in [2.24, 2.45) is 0 Å². The average Bonchev–Trinajstić information content (AvgIpc) is 2.60. The quantitative estimate of drug-likeness (QED) is 0.841.